The van der Waals surface area contributed by atoms with Crippen molar-refractivity contribution in [1.82, 2.24) is 5.01 Å². The summed E-state index contributed by atoms with van der Waals surface area (Å²) in [6.07, 6.45) is 3.66. The van der Waals surface area contributed by atoms with Gasteiger partial charge in [-0.15, -0.1) is 0 Å². The molecule has 1 unspecified atom stereocenters. The predicted octanol–water partition coefficient (Wildman–Crippen LogP) is 0.755. The van der Waals surface area contributed by atoms with Gasteiger partial charge in [0.05, 0.1) is 0 Å². The average molecular weight is 156 g/mol. The van der Waals surface area contributed by atoms with Crippen LogP contribution in [-0.2, 0) is 4.79 Å². The van der Waals surface area contributed by atoms with Crippen LogP contribution in [0.5, 0.6) is 0 Å². The fourth-order valence-corrected chi connectivity index (χ4v) is 1.46. The Labute approximate surface area is 67.5 Å². The van der Waals surface area contributed by atoms with Gasteiger partial charge in [0.2, 0.25) is 5.91 Å². The number of carbonyl (C=O) groups is 1. The fourth-order valence-electron chi connectivity index (χ4n) is 1.46. The molecule has 0 aromatic rings. The number of nitrogens with two attached hydrogens (primary N) is 1. The number of amides is 1. The number of hydrogen-bond donors (Lipinski definition) is 1. The van der Waals surface area contributed by atoms with Gasteiger partial charge in [-0.1, -0.05) is 13.3 Å². The van der Waals surface area contributed by atoms with E-state index in [1.165, 1.54) is 24.3 Å². The van der Waals surface area contributed by atoms with Crippen LogP contribution in [0.1, 0.15) is 26.2 Å². The van der Waals surface area contributed by atoms with Crippen molar-refractivity contribution in [2.45, 2.75) is 26.2 Å². The molecule has 3 heteroatoms. The molecule has 0 aromatic heterocycles. The molecule has 1 atom stereocenters. The standard InChI is InChI=1S/C8H16N2O/c1-6(7-4-3-5-7)8(11)10(2)9/h6-7H,3-5,9H2,1-2H3. The van der Waals surface area contributed by atoms with Gasteiger partial charge in [-0.2, -0.15) is 0 Å². The monoisotopic (exact) mass is 156 g/mol. The van der Waals surface area contributed by atoms with Crippen molar-refractivity contribution in [3.8, 4) is 0 Å². The summed E-state index contributed by atoms with van der Waals surface area (Å²) in [5.74, 6) is 6.12. The van der Waals surface area contributed by atoms with Crippen LogP contribution >= 0.6 is 0 Å². The van der Waals surface area contributed by atoms with E-state index in [1.807, 2.05) is 6.92 Å². The molecule has 0 heterocycles. The van der Waals surface area contributed by atoms with Crippen molar-refractivity contribution < 1.29 is 4.79 Å². The first-order chi connectivity index (χ1) is 5.13. The van der Waals surface area contributed by atoms with Gasteiger partial charge in [0.1, 0.15) is 0 Å². The molecule has 64 valence electrons. The molecule has 1 saturated carbocycles. The van der Waals surface area contributed by atoms with Crippen LogP contribution < -0.4 is 5.84 Å². The van der Waals surface area contributed by atoms with E-state index in [1.54, 1.807) is 7.05 Å². The third-order valence-electron chi connectivity index (χ3n) is 2.59. The van der Waals surface area contributed by atoms with E-state index >= 15 is 0 Å². The molecule has 1 rings (SSSR count). The van der Waals surface area contributed by atoms with E-state index in [9.17, 15) is 4.79 Å². The lowest BCUT2D eigenvalue weighted by atomic mass is 9.76. The smallest absolute Gasteiger partial charge is 0.239 e. The molecule has 1 amide bonds. The highest BCUT2D eigenvalue weighted by atomic mass is 16.2. The third-order valence-corrected chi connectivity index (χ3v) is 2.59. The van der Waals surface area contributed by atoms with Crippen LogP contribution in [0.15, 0.2) is 0 Å². The molecule has 0 bridgehead atoms. The first-order valence-electron chi connectivity index (χ1n) is 4.15. The second-order valence-electron chi connectivity index (χ2n) is 3.43. The Kier molecular flexibility index (Phi) is 2.49. The largest absolute Gasteiger partial charge is 0.284 e. The Morgan fingerprint density at radius 3 is 2.45 bits per heavy atom. The minimum atomic E-state index is 0.0645. The van der Waals surface area contributed by atoms with Gasteiger partial charge >= 0.3 is 0 Å². The second kappa shape index (κ2) is 3.22. The van der Waals surface area contributed by atoms with Gasteiger partial charge in [-0.3, -0.25) is 9.80 Å². The molecule has 0 spiro atoms. The summed E-state index contributed by atoms with van der Waals surface area (Å²) in [6, 6.07) is 0. The number of hydrogen-bond acceptors (Lipinski definition) is 2. The van der Waals surface area contributed by atoms with Crippen LogP contribution in [0, 0.1) is 11.8 Å². The normalized spacial score (nSPS) is 20.6. The maximum absolute atomic E-state index is 11.3. The molecule has 0 radical (unpaired) electrons. The summed E-state index contributed by atoms with van der Waals surface area (Å²) in [5, 5.41) is 1.20. The highest BCUT2D eigenvalue weighted by Gasteiger charge is 2.29. The quantitative estimate of drug-likeness (QED) is 0.364. The van der Waals surface area contributed by atoms with E-state index in [-0.39, 0.29) is 11.8 Å². The maximum Gasteiger partial charge on any atom is 0.239 e. The summed E-state index contributed by atoms with van der Waals surface area (Å²) in [4.78, 5) is 11.3. The highest BCUT2D eigenvalue weighted by Crippen LogP contribution is 2.33. The molecule has 3 nitrogen and oxygen atoms in total. The molecule has 0 aliphatic heterocycles. The van der Waals surface area contributed by atoms with Gasteiger partial charge in [0.25, 0.3) is 0 Å². The third kappa shape index (κ3) is 1.71. The molecule has 1 fully saturated rings. The van der Waals surface area contributed by atoms with Crippen molar-refractivity contribution in [2.75, 3.05) is 7.05 Å². The van der Waals surface area contributed by atoms with Gasteiger partial charge < -0.3 is 0 Å². The predicted molar refractivity (Wildman–Crippen MR) is 43.5 cm³/mol. The van der Waals surface area contributed by atoms with Crippen molar-refractivity contribution in [3.63, 3.8) is 0 Å². The van der Waals surface area contributed by atoms with Gasteiger partial charge in [0, 0.05) is 13.0 Å². The van der Waals surface area contributed by atoms with Crippen LogP contribution in [0.25, 0.3) is 0 Å². The van der Waals surface area contributed by atoms with E-state index in [2.05, 4.69) is 0 Å². The minimum absolute atomic E-state index is 0.0645. The molecular weight excluding hydrogens is 140 g/mol. The molecule has 0 aromatic carbocycles. The van der Waals surface area contributed by atoms with Crippen molar-refractivity contribution in [1.29, 1.82) is 0 Å². The topological polar surface area (TPSA) is 46.3 Å². The Bertz CT molecular complexity index is 152. The average Bonchev–Trinajstić information content (AvgIpc) is 1.82. The Balaban J connectivity index is 2.39. The lowest BCUT2D eigenvalue weighted by Crippen LogP contribution is -2.41. The van der Waals surface area contributed by atoms with E-state index in [4.69, 9.17) is 5.84 Å². The summed E-state index contributed by atoms with van der Waals surface area (Å²) in [5.41, 5.74) is 0. The van der Waals surface area contributed by atoms with Gasteiger partial charge in [0.15, 0.2) is 0 Å². The summed E-state index contributed by atoms with van der Waals surface area (Å²) in [6.45, 7) is 1.97. The fraction of sp³-hybridized carbons (Fsp3) is 0.875. The van der Waals surface area contributed by atoms with E-state index in [0.29, 0.717) is 5.92 Å². The number of hydrazine groups is 1. The zero-order chi connectivity index (χ0) is 8.43. The van der Waals surface area contributed by atoms with Crippen LogP contribution in [0.3, 0.4) is 0 Å². The first-order valence-corrected chi connectivity index (χ1v) is 4.15. The van der Waals surface area contributed by atoms with Crippen LogP contribution in [0.4, 0.5) is 0 Å². The van der Waals surface area contributed by atoms with E-state index in [0.717, 1.165) is 0 Å². The Morgan fingerprint density at radius 1 is 1.64 bits per heavy atom. The molecule has 2 N–H and O–H groups in total. The number of carbonyl (C=O) groups excluding carboxylic acids is 1. The van der Waals surface area contributed by atoms with Gasteiger partial charge in [-0.05, 0) is 18.8 Å². The SMILES string of the molecule is CC(C(=O)N(C)N)C1CCC1. The lowest BCUT2D eigenvalue weighted by Gasteiger charge is -2.31. The van der Waals surface area contributed by atoms with Crippen molar-refractivity contribution in [2.24, 2.45) is 17.7 Å². The van der Waals surface area contributed by atoms with Crippen LogP contribution in [0.2, 0.25) is 0 Å². The van der Waals surface area contributed by atoms with Crippen molar-refractivity contribution in [3.05, 3.63) is 0 Å². The molecule has 0 saturated heterocycles. The Morgan fingerprint density at radius 2 is 2.18 bits per heavy atom. The van der Waals surface area contributed by atoms with Crippen LogP contribution in [-0.4, -0.2) is 18.0 Å². The molecule has 11 heavy (non-hydrogen) atoms. The molecule has 1 aliphatic carbocycles. The van der Waals surface area contributed by atoms with Gasteiger partial charge in [-0.25, -0.2) is 5.84 Å². The summed E-state index contributed by atoms with van der Waals surface area (Å²) >= 11 is 0. The first kappa shape index (κ1) is 8.53. The summed E-state index contributed by atoms with van der Waals surface area (Å²) in [7, 11) is 1.61. The minimum Gasteiger partial charge on any atom is -0.284 e. The number of rotatable bonds is 2. The zero-order valence-corrected chi connectivity index (χ0v) is 7.21. The Hall–Kier alpha value is -0.570. The molecule has 1 aliphatic rings. The zero-order valence-electron chi connectivity index (χ0n) is 7.21. The maximum atomic E-state index is 11.3. The summed E-state index contributed by atoms with van der Waals surface area (Å²) < 4.78 is 0. The van der Waals surface area contributed by atoms with Crippen molar-refractivity contribution >= 4 is 5.91 Å². The second-order valence-corrected chi connectivity index (χ2v) is 3.43. The molecular formula is C8H16N2O. The highest BCUT2D eigenvalue weighted by molar-refractivity contribution is 5.77. The number of nitrogens with zero attached hydrogens (tertiary/aromatic N) is 1. The van der Waals surface area contributed by atoms with E-state index < -0.39 is 0 Å². The lowest BCUT2D eigenvalue weighted by molar-refractivity contribution is -0.136.